The quantitative estimate of drug-likeness (QED) is 0.0268. The molecule has 1 fully saturated rings. The molecular formula is C57H92O9. The first-order valence-corrected chi connectivity index (χ1v) is 25.6. The fraction of sp³-hybridized carbons (Fsp3) is 0.632. The second-order valence-corrected chi connectivity index (χ2v) is 16.8. The van der Waals surface area contributed by atoms with Crippen molar-refractivity contribution in [2.24, 2.45) is 0 Å². The number of hydrogen-bond donors (Lipinski definition) is 4. The Morgan fingerprint density at radius 2 is 0.879 bits per heavy atom. The van der Waals surface area contributed by atoms with E-state index in [1.165, 1.54) is 25.7 Å². The third-order valence-corrected chi connectivity index (χ3v) is 10.9. The Balaban J connectivity index is 2.24. The number of aliphatic hydroxyl groups excluding tert-OH is 4. The fourth-order valence-electron chi connectivity index (χ4n) is 6.96. The van der Waals surface area contributed by atoms with E-state index in [1.54, 1.807) is 0 Å². The molecule has 66 heavy (non-hydrogen) atoms. The van der Waals surface area contributed by atoms with Crippen LogP contribution in [0.5, 0.6) is 0 Å². The number of unbranched alkanes of at least 4 members (excludes halogenated alkanes) is 11. The Kier molecular flexibility index (Phi) is 42.9. The Bertz CT molecular complexity index is 1420. The van der Waals surface area contributed by atoms with Gasteiger partial charge in [0.2, 0.25) is 0 Å². The maximum atomic E-state index is 12.8. The number of allylic oxidation sites excluding steroid dienone is 20. The molecule has 0 amide bonds. The molecule has 1 rings (SSSR count). The fourth-order valence-corrected chi connectivity index (χ4v) is 6.96. The van der Waals surface area contributed by atoms with Crippen molar-refractivity contribution in [2.75, 3.05) is 26.4 Å². The average molecular weight is 921 g/mol. The van der Waals surface area contributed by atoms with E-state index in [0.29, 0.717) is 6.61 Å². The Morgan fingerprint density at radius 1 is 0.485 bits per heavy atom. The summed E-state index contributed by atoms with van der Waals surface area (Å²) in [6, 6.07) is 0. The van der Waals surface area contributed by atoms with Crippen molar-refractivity contribution < 1.29 is 44.2 Å². The molecule has 1 heterocycles. The molecule has 1 aliphatic rings. The summed E-state index contributed by atoms with van der Waals surface area (Å²) in [7, 11) is 0. The lowest BCUT2D eigenvalue weighted by Crippen LogP contribution is -2.59. The number of carbonyl (C=O) groups is 1. The van der Waals surface area contributed by atoms with Gasteiger partial charge in [-0.05, 0) is 103 Å². The monoisotopic (exact) mass is 921 g/mol. The van der Waals surface area contributed by atoms with Crippen LogP contribution in [0.2, 0.25) is 0 Å². The van der Waals surface area contributed by atoms with Crippen LogP contribution in [-0.2, 0) is 23.7 Å². The lowest BCUT2D eigenvalue weighted by Gasteiger charge is -2.39. The zero-order valence-electron chi connectivity index (χ0n) is 41.1. The predicted molar refractivity (Wildman–Crippen MR) is 274 cm³/mol. The summed E-state index contributed by atoms with van der Waals surface area (Å²) in [5, 5.41) is 40.2. The highest BCUT2D eigenvalue weighted by atomic mass is 16.7. The van der Waals surface area contributed by atoms with E-state index in [-0.39, 0.29) is 25.6 Å². The molecule has 1 aliphatic heterocycles. The largest absolute Gasteiger partial charge is 0.457 e. The number of hydrogen-bond acceptors (Lipinski definition) is 9. The van der Waals surface area contributed by atoms with Crippen molar-refractivity contribution in [1.82, 2.24) is 0 Å². The Labute approximate surface area is 401 Å². The molecule has 0 aromatic heterocycles. The van der Waals surface area contributed by atoms with E-state index in [0.717, 1.165) is 122 Å². The molecule has 0 aromatic carbocycles. The third kappa shape index (κ3) is 36.7. The second-order valence-electron chi connectivity index (χ2n) is 16.8. The molecule has 0 aromatic rings. The maximum absolute atomic E-state index is 12.8. The van der Waals surface area contributed by atoms with Crippen molar-refractivity contribution in [1.29, 1.82) is 0 Å². The predicted octanol–water partition coefficient (Wildman–Crippen LogP) is 12.7. The van der Waals surface area contributed by atoms with Gasteiger partial charge in [-0.1, -0.05) is 180 Å². The number of aliphatic hydroxyl groups is 4. The molecule has 0 aliphatic carbocycles. The van der Waals surface area contributed by atoms with Crippen molar-refractivity contribution >= 4 is 5.97 Å². The average Bonchev–Trinajstić information content (AvgIpc) is 3.32. The highest BCUT2D eigenvalue weighted by molar-refractivity contribution is 5.69. The SMILES string of the molecule is CC/C=C\C/C=C\C/C=C\C/C=C\C/C=C\C/C=C\CCCCCCCCCOCC(COC1OC(CO)C(O)C(O)C1O)OC(=O)CCCCCC/C=C\C/C=C\C/C=C\C/C=C\CC. The van der Waals surface area contributed by atoms with Crippen molar-refractivity contribution in [3.63, 3.8) is 0 Å². The van der Waals surface area contributed by atoms with Gasteiger partial charge in [0.1, 0.15) is 30.5 Å². The first-order valence-electron chi connectivity index (χ1n) is 25.6. The lowest BCUT2D eigenvalue weighted by atomic mass is 9.99. The summed E-state index contributed by atoms with van der Waals surface area (Å²) in [5.74, 6) is -0.347. The van der Waals surface area contributed by atoms with Gasteiger partial charge in [0.25, 0.3) is 0 Å². The van der Waals surface area contributed by atoms with Crippen molar-refractivity contribution in [2.45, 2.75) is 205 Å². The molecule has 6 unspecified atom stereocenters. The molecular weight excluding hydrogens is 829 g/mol. The van der Waals surface area contributed by atoms with Gasteiger partial charge in [-0.2, -0.15) is 0 Å². The molecule has 0 radical (unpaired) electrons. The number of ether oxygens (including phenoxy) is 4. The van der Waals surface area contributed by atoms with E-state index in [4.69, 9.17) is 18.9 Å². The van der Waals surface area contributed by atoms with Crippen LogP contribution in [0.15, 0.2) is 122 Å². The highest BCUT2D eigenvalue weighted by Crippen LogP contribution is 2.22. The van der Waals surface area contributed by atoms with Crippen LogP contribution in [0, 0.1) is 0 Å². The van der Waals surface area contributed by atoms with Crippen LogP contribution in [0.4, 0.5) is 0 Å². The van der Waals surface area contributed by atoms with Crippen LogP contribution in [-0.4, -0.2) is 89.6 Å². The third-order valence-electron chi connectivity index (χ3n) is 10.9. The molecule has 0 saturated carbocycles. The second kappa shape index (κ2) is 46.7. The number of carbonyl (C=O) groups excluding carboxylic acids is 1. The summed E-state index contributed by atoms with van der Waals surface area (Å²) < 4.78 is 22.9. The van der Waals surface area contributed by atoms with Gasteiger partial charge in [-0.3, -0.25) is 4.79 Å². The minimum atomic E-state index is -1.55. The minimum Gasteiger partial charge on any atom is -0.457 e. The van der Waals surface area contributed by atoms with E-state index in [2.05, 4.69) is 135 Å². The molecule has 0 bridgehead atoms. The van der Waals surface area contributed by atoms with E-state index < -0.39 is 43.4 Å². The van der Waals surface area contributed by atoms with Gasteiger partial charge >= 0.3 is 5.97 Å². The molecule has 374 valence electrons. The molecule has 1 saturated heterocycles. The molecule has 0 spiro atoms. The van der Waals surface area contributed by atoms with Gasteiger partial charge < -0.3 is 39.4 Å². The summed E-state index contributed by atoms with van der Waals surface area (Å²) in [6.45, 7) is 4.25. The Hall–Kier alpha value is -3.41. The van der Waals surface area contributed by atoms with E-state index in [1.807, 2.05) is 0 Å². The first kappa shape index (κ1) is 60.6. The summed E-state index contributed by atoms with van der Waals surface area (Å²) in [6.07, 6.45) is 60.8. The standard InChI is InChI=1S/C57H92O9/c1-3-5-7-9-11-13-15-17-19-21-22-23-24-25-26-27-28-29-31-33-35-37-39-41-43-45-47-63-49-51(50-64-57-56(62)55(61)54(60)52(48-58)66-57)65-53(59)46-44-42-40-38-36-34-32-30-20-18-16-14-12-10-8-6-4-2/h5-8,11-14,17-20,22-23,25-26,28-29,32,34,51-52,54-58,60-62H,3-4,9-10,15-16,21,24,27,30-31,33,35-50H2,1-2H3/b7-5-,8-6-,13-11-,14-12-,19-17-,20-18-,23-22-,26-25-,29-28-,34-32-. The maximum Gasteiger partial charge on any atom is 0.306 e. The van der Waals surface area contributed by atoms with Gasteiger partial charge in [0, 0.05) is 13.0 Å². The van der Waals surface area contributed by atoms with Gasteiger partial charge in [-0.15, -0.1) is 0 Å². The smallest absolute Gasteiger partial charge is 0.306 e. The topological polar surface area (TPSA) is 135 Å². The van der Waals surface area contributed by atoms with Crippen LogP contribution in [0.1, 0.15) is 168 Å². The van der Waals surface area contributed by atoms with E-state index >= 15 is 0 Å². The van der Waals surface area contributed by atoms with E-state index in [9.17, 15) is 25.2 Å². The van der Waals surface area contributed by atoms with Gasteiger partial charge in [-0.25, -0.2) is 0 Å². The molecule has 9 nitrogen and oxygen atoms in total. The van der Waals surface area contributed by atoms with Crippen LogP contribution in [0.3, 0.4) is 0 Å². The molecule has 4 N–H and O–H groups in total. The van der Waals surface area contributed by atoms with Crippen LogP contribution in [0.25, 0.3) is 0 Å². The number of esters is 1. The lowest BCUT2D eigenvalue weighted by molar-refractivity contribution is -0.305. The zero-order chi connectivity index (χ0) is 47.8. The van der Waals surface area contributed by atoms with Crippen molar-refractivity contribution in [3.05, 3.63) is 122 Å². The number of rotatable bonds is 42. The Morgan fingerprint density at radius 3 is 1.32 bits per heavy atom. The highest BCUT2D eigenvalue weighted by Gasteiger charge is 2.44. The van der Waals surface area contributed by atoms with Gasteiger partial charge in [0.15, 0.2) is 6.29 Å². The summed E-state index contributed by atoms with van der Waals surface area (Å²) in [5.41, 5.74) is 0. The summed E-state index contributed by atoms with van der Waals surface area (Å²) in [4.78, 5) is 12.8. The van der Waals surface area contributed by atoms with Crippen LogP contribution < -0.4 is 0 Å². The normalized spacial score (nSPS) is 20.4. The van der Waals surface area contributed by atoms with Crippen LogP contribution >= 0.6 is 0 Å². The molecule has 6 atom stereocenters. The van der Waals surface area contributed by atoms with Crippen molar-refractivity contribution in [3.8, 4) is 0 Å². The first-order chi connectivity index (χ1) is 32.4. The zero-order valence-corrected chi connectivity index (χ0v) is 41.1. The summed E-state index contributed by atoms with van der Waals surface area (Å²) >= 11 is 0. The minimum absolute atomic E-state index is 0.118. The van der Waals surface area contributed by atoms with Gasteiger partial charge in [0.05, 0.1) is 19.8 Å². The molecule has 9 heteroatoms.